The van der Waals surface area contributed by atoms with E-state index >= 15 is 0 Å². The van der Waals surface area contributed by atoms with Crippen LogP contribution in [0.5, 0.6) is 0 Å². The van der Waals surface area contributed by atoms with Gasteiger partial charge in [0.25, 0.3) is 0 Å². The number of hydrogen-bond donors (Lipinski definition) is 1. The Bertz CT molecular complexity index is 612. The molecule has 0 heterocycles. The van der Waals surface area contributed by atoms with Crippen molar-refractivity contribution in [2.24, 2.45) is 0 Å². The van der Waals surface area contributed by atoms with Crippen LogP contribution in [0.1, 0.15) is 5.56 Å². The van der Waals surface area contributed by atoms with Crippen LogP contribution in [0.15, 0.2) is 23.1 Å². The Labute approximate surface area is 123 Å². The number of ether oxygens (including phenoxy) is 1. The summed E-state index contributed by atoms with van der Waals surface area (Å²) >= 11 is 5.82. The summed E-state index contributed by atoms with van der Waals surface area (Å²) in [5.74, 6) is 0. The lowest BCUT2D eigenvalue weighted by Gasteiger charge is -2.20. The van der Waals surface area contributed by atoms with Gasteiger partial charge in [-0.05, 0) is 18.2 Å². The summed E-state index contributed by atoms with van der Waals surface area (Å²) in [5, 5.41) is 18.4. The fraction of sp³-hybridized carbons (Fsp3) is 0.417. The van der Waals surface area contributed by atoms with Crippen molar-refractivity contribution in [3.63, 3.8) is 0 Å². The molecule has 1 N–H and O–H groups in total. The highest BCUT2D eigenvalue weighted by atomic mass is 35.5. The van der Waals surface area contributed by atoms with Gasteiger partial charge in [-0.2, -0.15) is 9.57 Å². The van der Waals surface area contributed by atoms with Gasteiger partial charge in [-0.3, -0.25) is 0 Å². The van der Waals surface area contributed by atoms with Crippen LogP contribution in [-0.4, -0.2) is 51.2 Å². The number of methoxy groups -OCH3 is 1. The predicted octanol–water partition coefficient (Wildman–Crippen LogP) is 0.839. The van der Waals surface area contributed by atoms with Gasteiger partial charge in [0, 0.05) is 20.7 Å². The fourth-order valence-corrected chi connectivity index (χ4v) is 3.09. The third-order valence-electron chi connectivity index (χ3n) is 2.60. The molecule has 1 atom stereocenters. The average Bonchev–Trinajstić information content (AvgIpc) is 2.38. The van der Waals surface area contributed by atoms with Crippen LogP contribution in [0.4, 0.5) is 0 Å². The van der Waals surface area contributed by atoms with Crippen molar-refractivity contribution < 1.29 is 18.3 Å². The molecular formula is C12H15ClN2O4S. The first-order valence-electron chi connectivity index (χ1n) is 5.66. The zero-order valence-electron chi connectivity index (χ0n) is 11.1. The van der Waals surface area contributed by atoms with Crippen molar-refractivity contribution in [2.45, 2.75) is 11.0 Å². The van der Waals surface area contributed by atoms with Crippen LogP contribution in [0, 0.1) is 11.3 Å². The Kier molecular flexibility index (Phi) is 5.92. The normalized spacial score (nSPS) is 13.2. The number of benzene rings is 1. The summed E-state index contributed by atoms with van der Waals surface area (Å²) in [4.78, 5) is -0.0337. The van der Waals surface area contributed by atoms with E-state index in [0.717, 1.165) is 4.31 Å². The molecule has 110 valence electrons. The van der Waals surface area contributed by atoms with Crippen molar-refractivity contribution in [1.29, 1.82) is 5.26 Å². The molecule has 1 unspecified atom stereocenters. The number of aliphatic hydroxyl groups excluding tert-OH is 1. The quantitative estimate of drug-likeness (QED) is 0.839. The van der Waals surface area contributed by atoms with Crippen LogP contribution in [0.3, 0.4) is 0 Å². The zero-order valence-corrected chi connectivity index (χ0v) is 12.6. The largest absolute Gasteiger partial charge is 0.389 e. The standard InChI is InChI=1S/C12H15ClN2O4S/c1-15(7-10(16)8-19-2)20(17,18)11-4-3-9(6-14)12(13)5-11/h3-5,10,16H,7-8H2,1-2H3. The molecule has 1 aromatic carbocycles. The second-order valence-electron chi connectivity index (χ2n) is 4.15. The maximum atomic E-state index is 12.3. The molecule has 0 aliphatic carbocycles. The molecule has 0 radical (unpaired) electrons. The highest BCUT2D eigenvalue weighted by Gasteiger charge is 2.23. The summed E-state index contributed by atoms with van der Waals surface area (Å²) in [7, 11) is -1.01. The van der Waals surface area contributed by atoms with E-state index in [2.05, 4.69) is 0 Å². The van der Waals surface area contributed by atoms with Crippen LogP contribution in [-0.2, 0) is 14.8 Å². The third kappa shape index (κ3) is 3.91. The molecule has 0 saturated heterocycles. The Balaban J connectivity index is 2.99. The van der Waals surface area contributed by atoms with Gasteiger partial charge in [0.1, 0.15) is 6.07 Å². The number of nitrogens with zero attached hydrogens (tertiary/aromatic N) is 2. The van der Waals surface area contributed by atoms with E-state index in [-0.39, 0.29) is 28.6 Å². The summed E-state index contributed by atoms with van der Waals surface area (Å²) in [6.07, 6.45) is -0.923. The number of likely N-dealkylation sites (N-methyl/N-ethyl adjacent to an activating group) is 1. The van der Waals surface area contributed by atoms with Gasteiger partial charge in [-0.1, -0.05) is 11.6 Å². The molecule has 0 aliphatic heterocycles. The molecule has 0 fully saturated rings. The molecule has 0 aliphatic rings. The van der Waals surface area contributed by atoms with Crippen LogP contribution >= 0.6 is 11.6 Å². The Hall–Kier alpha value is -1.17. The SMILES string of the molecule is COCC(O)CN(C)S(=O)(=O)c1ccc(C#N)c(Cl)c1. The van der Waals surface area contributed by atoms with Gasteiger partial charge in [-0.25, -0.2) is 8.42 Å². The second kappa shape index (κ2) is 7.02. The Morgan fingerprint density at radius 1 is 1.55 bits per heavy atom. The van der Waals surface area contributed by atoms with Gasteiger partial charge in [0.15, 0.2) is 0 Å². The number of halogens is 1. The van der Waals surface area contributed by atoms with E-state index in [1.807, 2.05) is 6.07 Å². The Morgan fingerprint density at radius 3 is 2.70 bits per heavy atom. The first kappa shape index (κ1) is 16.9. The molecule has 6 nitrogen and oxygen atoms in total. The Morgan fingerprint density at radius 2 is 2.20 bits per heavy atom. The van der Waals surface area contributed by atoms with Crippen molar-refractivity contribution in [2.75, 3.05) is 27.3 Å². The van der Waals surface area contributed by atoms with E-state index in [1.54, 1.807) is 0 Å². The monoisotopic (exact) mass is 318 g/mol. The first-order valence-corrected chi connectivity index (χ1v) is 7.47. The minimum Gasteiger partial charge on any atom is -0.389 e. The lowest BCUT2D eigenvalue weighted by atomic mass is 10.2. The lowest BCUT2D eigenvalue weighted by Crippen LogP contribution is -2.36. The fourth-order valence-electron chi connectivity index (χ4n) is 1.57. The van der Waals surface area contributed by atoms with E-state index in [4.69, 9.17) is 21.6 Å². The lowest BCUT2D eigenvalue weighted by molar-refractivity contribution is 0.0554. The maximum Gasteiger partial charge on any atom is 0.242 e. The van der Waals surface area contributed by atoms with Gasteiger partial charge in [0.2, 0.25) is 10.0 Å². The van der Waals surface area contributed by atoms with Gasteiger partial charge < -0.3 is 9.84 Å². The van der Waals surface area contributed by atoms with E-state index in [0.29, 0.717) is 0 Å². The summed E-state index contributed by atoms with van der Waals surface area (Å²) in [5.41, 5.74) is 0.202. The number of hydrogen-bond acceptors (Lipinski definition) is 5. The van der Waals surface area contributed by atoms with Crippen LogP contribution in [0.25, 0.3) is 0 Å². The van der Waals surface area contributed by atoms with Gasteiger partial charge in [0.05, 0.1) is 28.2 Å². The molecule has 0 spiro atoms. The minimum absolute atomic E-state index is 0.0337. The molecule has 0 saturated carbocycles. The highest BCUT2D eigenvalue weighted by Crippen LogP contribution is 2.22. The van der Waals surface area contributed by atoms with Crippen molar-refractivity contribution in [3.8, 4) is 6.07 Å². The molecule has 0 bridgehead atoms. The average molecular weight is 319 g/mol. The third-order valence-corrected chi connectivity index (χ3v) is 4.73. The first-order chi connectivity index (χ1) is 9.32. The molecule has 0 aromatic heterocycles. The molecule has 20 heavy (non-hydrogen) atoms. The molecule has 1 rings (SSSR count). The van der Waals surface area contributed by atoms with Crippen molar-refractivity contribution in [1.82, 2.24) is 4.31 Å². The summed E-state index contributed by atoms with van der Waals surface area (Å²) in [6.45, 7) is -0.0677. The number of nitriles is 1. The summed E-state index contributed by atoms with van der Waals surface area (Å²) < 4.78 is 30.3. The van der Waals surface area contributed by atoms with E-state index in [9.17, 15) is 13.5 Å². The smallest absolute Gasteiger partial charge is 0.242 e. The van der Waals surface area contributed by atoms with Crippen LogP contribution < -0.4 is 0 Å². The molecule has 1 aromatic rings. The molecule has 8 heteroatoms. The van der Waals surface area contributed by atoms with Crippen molar-refractivity contribution in [3.05, 3.63) is 28.8 Å². The van der Waals surface area contributed by atoms with Gasteiger partial charge in [-0.15, -0.1) is 0 Å². The molecular weight excluding hydrogens is 304 g/mol. The maximum absolute atomic E-state index is 12.3. The van der Waals surface area contributed by atoms with Gasteiger partial charge >= 0.3 is 0 Å². The topological polar surface area (TPSA) is 90.6 Å². The highest BCUT2D eigenvalue weighted by molar-refractivity contribution is 7.89. The minimum atomic E-state index is -3.78. The van der Waals surface area contributed by atoms with E-state index in [1.165, 1.54) is 32.4 Å². The molecule has 0 amide bonds. The summed E-state index contributed by atoms with van der Waals surface area (Å²) in [6, 6.07) is 5.72. The number of rotatable bonds is 6. The predicted molar refractivity (Wildman–Crippen MR) is 73.9 cm³/mol. The van der Waals surface area contributed by atoms with Crippen LogP contribution in [0.2, 0.25) is 5.02 Å². The van der Waals surface area contributed by atoms with Crippen molar-refractivity contribution >= 4 is 21.6 Å². The number of sulfonamides is 1. The number of aliphatic hydroxyl groups is 1. The zero-order chi connectivity index (χ0) is 15.3. The second-order valence-corrected chi connectivity index (χ2v) is 6.60. The van der Waals surface area contributed by atoms with E-state index < -0.39 is 16.1 Å².